The molecule has 0 bridgehead atoms. The number of fused-ring (bicyclic) bond motifs is 1. The highest BCUT2D eigenvalue weighted by atomic mass is 16.5. The zero-order valence-corrected chi connectivity index (χ0v) is 14.1. The summed E-state index contributed by atoms with van der Waals surface area (Å²) in [6.07, 6.45) is 1.54. The summed E-state index contributed by atoms with van der Waals surface area (Å²) in [6.45, 7) is 4.70. The Morgan fingerprint density at radius 1 is 1.33 bits per heavy atom. The molecule has 0 radical (unpaired) electrons. The molecule has 1 atom stereocenters. The van der Waals surface area contributed by atoms with Crippen molar-refractivity contribution in [3.8, 4) is 5.75 Å². The second-order valence-electron chi connectivity index (χ2n) is 5.86. The molecule has 6 nitrogen and oxygen atoms in total. The Hall–Kier alpha value is -2.63. The van der Waals surface area contributed by atoms with Gasteiger partial charge in [0.05, 0.1) is 31.6 Å². The molecule has 0 fully saturated rings. The Labute approximate surface area is 142 Å². The van der Waals surface area contributed by atoms with Gasteiger partial charge in [-0.2, -0.15) is 0 Å². The second kappa shape index (κ2) is 7.29. The largest absolute Gasteiger partial charge is 0.485 e. The SMILES string of the molecule is CCN1C[C@H](CN(C)C(=O)NCc2ccco2)Oc2ccccc21. The number of amides is 2. The molecule has 24 heavy (non-hydrogen) atoms. The first-order chi connectivity index (χ1) is 11.7. The molecule has 0 unspecified atom stereocenters. The van der Waals surface area contributed by atoms with Crippen LogP contribution in [0.2, 0.25) is 0 Å². The second-order valence-corrected chi connectivity index (χ2v) is 5.86. The van der Waals surface area contributed by atoms with Crippen molar-refractivity contribution in [2.24, 2.45) is 0 Å². The van der Waals surface area contributed by atoms with Crippen molar-refractivity contribution in [3.63, 3.8) is 0 Å². The zero-order valence-electron chi connectivity index (χ0n) is 14.1. The molecule has 1 aromatic heterocycles. The first-order valence-electron chi connectivity index (χ1n) is 8.19. The van der Waals surface area contributed by atoms with Gasteiger partial charge < -0.3 is 24.3 Å². The van der Waals surface area contributed by atoms with E-state index >= 15 is 0 Å². The van der Waals surface area contributed by atoms with E-state index in [-0.39, 0.29) is 12.1 Å². The summed E-state index contributed by atoms with van der Waals surface area (Å²) in [5, 5.41) is 2.84. The minimum Gasteiger partial charge on any atom is -0.485 e. The predicted octanol–water partition coefficient (Wildman–Crippen LogP) is 2.71. The van der Waals surface area contributed by atoms with Gasteiger partial charge in [-0.1, -0.05) is 12.1 Å². The number of urea groups is 1. The van der Waals surface area contributed by atoms with Crippen LogP contribution in [0.3, 0.4) is 0 Å². The van der Waals surface area contributed by atoms with E-state index in [9.17, 15) is 4.79 Å². The molecule has 1 aliphatic rings. The molecule has 1 aliphatic heterocycles. The van der Waals surface area contributed by atoms with Gasteiger partial charge >= 0.3 is 6.03 Å². The maximum Gasteiger partial charge on any atom is 0.317 e. The number of para-hydroxylation sites is 2. The summed E-state index contributed by atoms with van der Waals surface area (Å²) in [5.74, 6) is 1.61. The van der Waals surface area contributed by atoms with E-state index in [4.69, 9.17) is 9.15 Å². The van der Waals surface area contributed by atoms with Crippen LogP contribution in [-0.4, -0.2) is 43.7 Å². The predicted molar refractivity (Wildman–Crippen MR) is 92.3 cm³/mol. The summed E-state index contributed by atoms with van der Waals surface area (Å²) >= 11 is 0. The fraction of sp³-hybridized carbons (Fsp3) is 0.389. The highest BCUT2D eigenvalue weighted by molar-refractivity contribution is 5.73. The number of ether oxygens (including phenoxy) is 1. The van der Waals surface area contributed by atoms with Crippen molar-refractivity contribution >= 4 is 11.7 Å². The van der Waals surface area contributed by atoms with Gasteiger partial charge in [0.2, 0.25) is 0 Å². The van der Waals surface area contributed by atoms with Crippen molar-refractivity contribution in [1.29, 1.82) is 0 Å². The maximum absolute atomic E-state index is 12.2. The van der Waals surface area contributed by atoms with Gasteiger partial charge in [0.15, 0.2) is 0 Å². The van der Waals surface area contributed by atoms with Crippen LogP contribution in [-0.2, 0) is 6.54 Å². The van der Waals surface area contributed by atoms with E-state index in [2.05, 4.69) is 23.2 Å². The molecule has 1 aromatic carbocycles. The minimum atomic E-state index is -0.142. The van der Waals surface area contributed by atoms with Gasteiger partial charge in [0.25, 0.3) is 0 Å². The van der Waals surface area contributed by atoms with Crippen molar-refractivity contribution < 1.29 is 13.9 Å². The Balaban J connectivity index is 1.56. The summed E-state index contributed by atoms with van der Waals surface area (Å²) in [4.78, 5) is 16.1. The fourth-order valence-electron chi connectivity index (χ4n) is 2.87. The van der Waals surface area contributed by atoms with Crippen molar-refractivity contribution in [2.45, 2.75) is 19.6 Å². The lowest BCUT2D eigenvalue weighted by Gasteiger charge is -2.37. The number of likely N-dealkylation sites (N-methyl/N-ethyl adjacent to an activating group) is 2. The Morgan fingerprint density at radius 2 is 2.17 bits per heavy atom. The Morgan fingerprint density at radius 3 is 2.92 bits per heavy atom. The third-order valence-electron chi connectivity index (χ3n) is 4.12. The average molecular weight is 329 g/mol. The van der Waals surface area contributed by atoms with Gasteiger partial charge in [-0.15, -0.1) is 0 Å². The molecule has 2 aromatic rings. The summed E-state index contributed by atoms with van der Waals surface area (Å²) in [7, 11) is 1.78. The quantitative estimate of drug-likeness (QED) is 0.916. The highest BCUT2D eigenvalue weighted by Crippen LogP contribution is 2.32. The third kappa shape index (κ3) is 3.64. The molecule has 3 rings (SSSR count). The van der Waals surface area contributed by atoms with Crippen LogP contribution >= 0.6 is 0 Å². The molecular weight excluding hydrogens is 306 g/mol. The molecule has 6 heteroatoms. The van der Waals surface area contributed by atoms with E-state index in [0.717, 1.165) is 30.3 Å². The van der Waals surface area contributed by atoms with Gasteiger partial charge in [-0.25, -0.2) is 4.79 Å². The standard InChI is InChI=1S/C18H23N3O3/c1-3-21-13-15(24-17-9-5-4-8-16(17)21)12-20(2)18(22)19-11-14-7-6-10-23-14/h4-10,15H,3,11-13H2,1-2H3,(H,19,22)/t15-/m0/s1. The number of nitrogens with one attached hydrogen (secondary N) is 1. The number of rotatable bonds is 5. The lowest BCUT2D eigenvalue weighted by Crippen LogP contribution is -2.48. The molecule has 2 heterocycles. The first kappa shape index (κ1) is 16.2. The number of nitrogens with zero attached hydrogens (tertiary/aromatic N) is 2. The summed E-state index contributed by atoms with van der Waals surface area (Å²) in [6, 6.07) is 11.5. The first-order valence-corrected chi connectivity index (χ1v) is 8.19. The van der Waals surface area contributed by atoms with Crippen molar-refractivity contribution in [3.05, 3.63) is 48.4 Å². The van der Waals surface area contributed by atoms with Gasteiger partial charge in [-0.3, -0.25) is 0 Å². The van der Waals surface area contributed by atoms with Crippen LogP contribution in [0.25, 0.3) is 0 Å². The molecule has 0 saturated heterocycles. The molecule has 0 spiro atoms. The van der Waals surface area contributed by atoms with Crippen LogP contribution in [0.5, 0.6) is 5.75 Å². The van der Waals surface area contributed by atoms with Crippen LogP contribution in [0, 0.1) is 0 Å². The normalized spacial score (nSPS) is 16.2. The van der Waals surface area contributed by atoms with Gasteiger partial charge in [0, 0.05) is 13.6 Å². The highest BCUT2D eigenvalue weighted by Gasteiger charge is 2.26. The topological polar surface area (TPSA) is 58.0 Å². The van der Waals surface area contributed by atoms with Crippen LogP contribution in [0.1, 0.15) is 12.7 Å². The average Bonchev–Trinajstić information content (AvgIpc) is 3.12. The van der Waals surface area contributed by atoms with Gasteiger partial charge in [-0.05, 0) is 31.2 Å². The third-order valence-corrected chi connectivity index (χ3v) is 4.12. The monoisotopic (exact) mass is 329 g/mol. The van der Waals surface area contributed by atoms with Crippen molar-refractivity contribution in [1.82, 2.24) is 10.2 Å². The molecule has 0 saturated carbocycles. The summed E-state index contributed by atoms with van der Waals surface area (Å²) in [5.41, 5.74) is 1.11. The number of carbonyl (C=O) groups is 1. The number of carbonyl (C=O) groups excluding carboxylic acids is 1. The maximum atomic E-state index is 12.2. The molecule has 2 amide bonds. The van der Waals surface area contributed by atoms with Crippen LogP contribution in [0.15, 0.2) is 47.1 Å². The van der Waals surface area contributed by atoms with E-state index in [1.165, 1.54) is 0 Å². The number of furan rings is 1. The molecule has 1 N–H and O–H groups in total. The lowest BCUT2D eigenvalue weighted by atomic mass is 10.2. The molecule has 0 aliphatic carbocycles. The molecule has 128 valence electrons. The van der Waals surface area contributed by atoms with Crippen molar-refractivity contribution in [2.75, 3.05) is 31.6 Å². The number of benzene rings is 1. The number of anilines is 1. The van der Waals surface area contributed by atoms with E-state index in [1.54, 1.807) is 24.3 Å². The Kier molecular flexibility index (Phi) is 4.93. The fourth-order valence-corrected chi connectivity index (χ4v) is 2.87. The number of hydrogen-bond acceptors (Lipinski definition) is 4. The lowest BCUT2D eigenvalue weighted by molar-refractivity contribution is 0.144. The van der Waals surface area contributed by atoms with Crippen LogP contribution in [0.4, 0.5) is 10.5 Å². The van der Waals surface area contributed by atoms with E-state index < -0.39 is 0 Å². The van der Waals surface area contributed by atoms with Crippen LogP contribution < -0.4 is 15.0 Å². The van der Waals surface area contributed by atoms with E-state index in [1.807, 2.05) is 24.3 Å². The van der Waals surface area contributed by atoms with E-state index in [0.29, 0.717) is 13.1 Å². The number of hydrogen-bond donors (Lipinski definition) is 1. The van der Waals surface area contributed by atoms with Gasteiger partial charge in [0.1, 0.15) is 17.6 Å². The minimum absolute atomic E-state index is 0.0563. The molecular formula is C18H23N3O3. The smallest absolute Gasteiger partial charge is 0.317 e. The Bertz CT molecular complexity index is 672. The summed E-state index contributed by atoms with van der Waals surface area (Å²) < 4.78 is 11.3. The zero-order chi connectivity index (χ0) is 16.9.